The van der Waals surface area contributed by atoms with Gasteiger partial charge in [-0.2, -0.15) is 0 Å². The highest BCUT2D eigenvalue weighted by Crippen LogP contribution is 2.32. The van der Waals surface area contributed by atoms with Gasteiger partial charge in [0.05, 0.1) is 23.5 Å². The zero-order valence-electron chi connectivity index (χ0n) is 18.4. The maximum Gasteiger partial charge on any atom is 0.253 e. The summed E-state index contributed by atoms with van der Waals surface area (Å²) in [4.78, 5) is 23.4. The minimum Gasteiger partial charge on any atom is -0.385 e. The van der Waals surface area contributed by atoms with Crippen LogP contribution in [-0.2, 0) is 11.3 Å². The minimum atomic E-state index is -0.0667. The van der Waals surface area contributed by atoms with Crippen molar-refractivity contribution in [3.8, 4) is 22.0 Å². The number of thiophene rings is 1. The third kappa shape index (κ3) is 4.98. The second-order valence-electron chi connectivity index (χ2n) is 7.52. The highest BCUT2D eigenvalue weighted by Gasteiger charge is 2.20. The van der Waals surface area contributed by atoms with Crippen molar-refractivity contribution in [1.29, 1.82) is 0 Å². The average Bonchev–Trinajstić information content (AvgIpc) is 3.54. The number of hydrogen-bond acceptors (Lipinski definition) is 6. The number of carbonyl (C=O) groups is 1. The fraction of sp³-hybridized carbons (Fsp3) is 0.292. The highest BCUT2D eigenvalue weighted by molar-refractivity contribution is 7.13. The zero-order chi connectivity index (χ0) is 22.5. The Balaban J connectivity index is 1.67. The smallest absolute Gasteiger partial charge is 0.253 e. The molecular weight excluding hydrogens is 440 g/mol. The molecular formula is C24H26N4O2S2. The third-order valence-electron chi connectivity index (χ3n) is 5.24. The topological polar surface area (TPSA) is 69.0 Å². The molecule has 0 spiro atoms. The van der Waals surface area contributed by atoms with E-state index >= 15 is 0 Å². The zero-order valence-corrected chi connectivity index (χ0v) is 20.1. The van der Waals surface area contributed by atoms with E-state index in [1.165, 1.54) is 4.88 Å². The molecule has 166 valence electrons. The van der Waals surface area contributed by atoms with E-state index in [9.17, 15) is 4.79 Å². The average molecular weight is 467 g/mol. The van der Waals surface area contributed by atoms with Gasteiger partial charge in [-0.05, 0) is 49.9 Å². The van der Waals surface area contributed by atoms with Crippen LogP contribution in [0, 0.1) is 13.8 Å². The first-order valence-electron chi connectivity index (χ1n) is 10.5. The molecule has 0 saturated heterocycles. The number of ether oxygens (including phenoxy) is 1. The molecule has 0 aliphatic rings. The van der Waals surface area contributed by atoms with Crippen LogP contribution in [0.2, 0.25) is 0 Å². The van der Waals surface area contributed by atoms with Crippen LogP contribution in [0.4, 0.5) is 0 Å². The molecule has 0 aliphatic heterocycles. The van der Waals surface area contributed by atoms with Gasteiger partial charge in [0.15, 0.2) is 0 Å². The molecule has 6 nitrogen and oxygen atoms in total. The number of aromatic nitrogens is 3. The van der Waals surface area contributed by atoms with Gasteiger partial charge >= 0.3 is 0 Å². The molecule has 32 heavy (non-hydrogen) atoms. The number of aryl methyl sites for hydroxylation is 1. The Hall–Kier alpha value is -2.81. The number of hydrogen-bond donors (Lipinski definition) is 1. The van der Waals surface area contributed by atoms with E-state index in [4.69, 9.17) is 9.72 Å². The molecule has 0 aromatic carbocycles. The number of nitrogens with one attached hydrogen (secondary N) is 1. The van der Waals surface area contributed by atoms with Gasteiger partial charge < -0.3 is 14.6 Å². The first-order valence-corrected chi connectivity index (χ1v) is 12.2. The summed E-state index contributed by atoms with van der Waals surface area (Å²) in [5.41, 5.74) is 5.40. The predicted octanol–water partition coefficient (Wildman–Crippen LogP) is 5.17. The molecule has 0 unspecified atom stereocenters. The Morgan fingerprint density at radius 3 is 2.81 bits per heavy atom. The number of carbonyl (C=O) groups excluding carboxylic acids is 1. The quantitative estimate of drug-likeness (QED) is 0.346. The summed E-state index contributed by atoms with van der Waals surface area (Å²) in [6.45, 7) is 5.88. The number of amides is 1. The van der Waals surface area contributed by atoms with Crippen LogP contribution in [-0.4, -0.2) is 40.7 Å². The highest BCUT2D eigenvalue weighted by atomic mass is 32.1. The van der Waals surface area contributed by atoms with E-state index in [1.807, 2.05) is 44.3 Å². The molecule has 1 N–H and O–H groups in total. The van der Waals surface area contributed by atoms with Crippen LogP contribution in [0.5, 0.6) is 0 Å². The Morgan fingerprint density at radius 2 is 2.09 bits per heavy atom. The lowest BCUT2D eigenvalue weighted by molar-refractivity contribution is 0.0948. The van der Waals surface area contributed by atoms with Crippen molar-refractivity contribution < 1.29 is 9.53 Å². The molecule has 0 atom stereocenters. The first-order chi connectivity index (χ1) is 15.6. The third-order valence-corrected chi connectivity index (χ3v) is 6.99. The van der Waals surface area contributed by atoms with Crippen LogP contribution < -0.4 is 5.32 Å². The predicted molar refractivity (Wildman–Crippen MR) is 130 cm³/mol. The van der Waals surface area contributed by atoms with Crippen molar-refractivity contribution in [2.45, 2.75) is 26.8 Å². The summed E-state index contributed by atoms with van der Waals surface area (Å²) in [5, 5.41) is 8.05. The van der Waals surface area contributed by atoms with E-state index in [0.29, 0.717) is 25.3 Å². The van der Waals surface area contributed by atoms with Crippen LogP contribution in [0.15, 0.2) is 47.3 Å². The summed E-state index contributed by atoms with van der Waals surface area (Å²) in [6.07, 6.45) is 2.64. The second-order valence-corrected chi connectivity index (χ2v) is 9.41. The SMILES string of the molecule is COCCCNC(=O)c1cc(-c2csc(-c3ccc(C)nc3)n2)n(Cc2cccs2)c1C. The van der Waals surface area contributed by atoms with Gasteiger partial charge in [0, 0.05) is 53.7 Å². The lowest BCUT2D eigenvalue weighted by atomic mass is 10.2. The van der Waals surface area contributed by atoms with Gasteiger partial charge in [-0.25, -0.2) is 4.98 Å². The molecule has 0 fully saturated rings. The maximum absolute atomic E-state index is 12.9. The van der Waals surface area contributed by atoms with Crippen molar-refractivity contribution in [3.05, 3.63) is 69.1 Å². The van der Waals surface area contributed by atoms with Gasteiger partial charge in [-0.1, -0.05) is 6.07 Å². The standard InChI is InChI=1S/C24H26N4O2S2/c1-16-7-8-18(13-26-16)24-27-21(15-32-24)22-12-20(23(29)25-9-5-10-30-3)17(2)28(22)14-19-6-4-11-31-19/h4,6-8,11-13,15H,5,9-10,14H2,1-3H3,(H,25,29). The van der Waals surface area contributed by atoms with E-state index in [0.717, 1.165) is 39.8 Å². The maximum atomic E-state index is 12.9. The number of nitrogens with zero attached hydrogens (tertiary/aromatic N) is 3. The Kier molecular flexibility index (Phi) is 7.14. The molecule has 4 rings (SSSR count). The Bertz CT molecular complexity index is 1180. The van der Waals surface area contributed by atoms with Crippen molar-refractivity contribution in [2.75, 3.05) is 20.3 Å². The molecule has 4 heterocycles. The van der Waals surface area contributed by atoms with Gasteiger partial charge in [0.25, 0.3) is 5.91 Å². The largest absolute Gasteiger partial charge is 0.385 e. The van der Waals surface area contributed by atoms with E-state index in [1.54, 1.807) is 29.8 Å². The van der Waals surface area contributed by atoms with Gasteiger partial charge in [-0.3, -0.25) is 9.78 Å². The van der Waals surface area contributed by atoms with E-state index in [2.05, 4.69) is 31.7 Å². The number of rotatable bonds is 9. The summed E-state index contributed by atoms with van der Waals surface area (Å²) in [6, 6.07) is 10.2. The molecule has 1 amide bonds. The monoisotopic (exact) mass is 466 g/mol. The van der Waals surface area contributed by atoms with Crippen LogP contribution in [0.3, 0.4) is 0 Å². The van der Waals surface area contributed by atoms with Gasteiger partial charge in [0.1, 0.15) is 5.01 Å². The van der Waals surface area contributed by atoms with Crippen molar-refractivity contribution >= 4 is 28.6 Å². The van der Waals surface area contributed by atoms with E-state index in [-0.39, 0.29) is 5.91 Å². The fourth-order valence-electron chi connectivity index (χ4n) is 3.48. The summed E-state index contributed by atoms with van der Waals surface area (Å²) in [7, 11) is 1.66. The summed E-state index contributed by atoms with van der Waals surface area (Å²) in [5.74, 6) is -0.0667. The summed E-state index contributed by atoms with van der Waals surface area (Å²) >= 11 is 3.30. The normalized spacial score (nSPS) is 11.1. The number of methoxy groups -OCH3 is 1. The number of thiazole rings is 1. The summed E-state index contributed by atoms with van der Waals surface area (Å²) < 4.78 is 7.26. The molecule has 8 heteroatoms. The number of pyridine rings is 1. The fourth-order valence-corrected chi connectivity index (χ4v) is 4.98. The van der Waals surface area contributed by atoms with Crippen LogP contribution >= 0.6 is 22.7 Å². The molecule has 4 aromatic heterocycles. The molecule has 0 saturated carbocycles. The second kappa shape index (κ2) is 10.2. The Labute approximate surface area is 195 Å². The van der Waals surface area contributed by atoms with Crippen LogP contribution in [0.1, 0.15) is 33.0 Å². The van der Waals surface area contributed by atoms with Crippen LogP contribution in [0.25, 0.3) is 22.0 Å². The minimum absolute atomic E-state index is 0.0667. The van der Waals surface area contributed by atoms with Crippen molar-refractivity contribution in [1.82, 2.24) is 19.9 Å². The van der Waals surface area contributed by atoms with E-state index < -0.39 is 0 Å². The van der Waals surface area contributed by atoms with Crippen molar-refractivity contribution in [3.63, 3.8) is 0 Å². The lowest BCUT2D eigenvalue weighted by Gasteiger charge is -2.10. The molecule has 0 radical (unpaired) electrons. The molecule has 4 aromatic rings. The van der Waals surface area contributed by atoms with Gasteiger partial charge in [-0.15, -0.1) is 22.7 Å². The lowest BCUT2D eigenvalue weighted by Crippen LogP contribution is -2.25. The van der Waals surface area contributed by atoms with Crippen molar-refractivity contribution in [2.24, 2.45) is 0 Å². The first kappa shape index (κ1) is 22.4. The molecule has 0 aliphatic carbocycles. The van der Waals surface area contributed by atoms with Gasteiger partial charge in [0.2, 0.25) is 0 Å². The molecule has 0 bridgehead atoms. The Morgan fingerprint density at radius 1 is 1.22 bits per heavy atom.